The molecule has 0 bridgehead atoms. The van der Waals surface area contributed by atoms with E-state index in [1.54, 1.807) is 0 Å². The summed E-state index contributed by atoms with van der Waals surface area (Å²) in [4.78, 5) is 3.27. The average Bonchev–Trinajstić information content (AvgIpc) is 2.27. The number of hydrogen-bond acceptors (Lipinski definition) is 4. The van der Waals surface area contributed by atoms with Crippen molar-refractivity contribution < 1.29 is 17.4 Å². The highest BCUT2D eigenvalue weighted by atomic mass is 32.2. The molecule has 0 N–H and O–H groups in total. The van der Waals surface area contributed by atoms with E-state index in [1.165, 1.54) is 25.4 Å². The lowest BCUT2D eigenvalue weighted by Gasteiger charge is -2.13. The molecule has 0 aromatic carbocycles. The fourth-order valence-corrected chi connectivity index (χ4v) is 2.19. The van der Waals surface area contributed by atoms with Gasteiger partial charge in [-0.1, -0.05) is 6.07 Å². The molecular formula is C10H10F3N3OS. The van der Waals surface area contributed by atoms with E-state index in [0.29, 0.717) is 5.56 Å². The summed E-state index contributed by atoms with van der Waals surface area (Å²) >= 11 is 0. The summed E-state index contributed by atoms with van der Waals surface area (Å²) in [6.07, 6.45) is -0.784. The van der Waals surface area contributed by atoms with Gasteiger partial charge in [0.25, 0.3) is 0 Å². The van der Waals surface area contributed by atoms with Crippen molar-refractivity contribution in [3.05, 3.63) is 29.6 Å². The Labute approximate surface area is 103 Å². The minimum atomic E-state index is -4.51. The van der Waals surface area contributed by atoms with E-state index in [0.717, 1.165) is 12.3 Å². The second-order valence-corrected chi connectivity index (χ2v) is 6.28. The Hall–Kier alpha value is -1.62. The predicted octanol–water partition coefficient (Wildman–Crippen LogP) is 2.74. The van der Waals surface area contributed by atoms with E-state index in [4.69, 9.17) is 5.26 Å². The molecule has 0 saturated heterocycles. The fraction of sp³-hybridized carbons (Fsp3) is 0.400. The minimum Gasteiger partial charge on any atom is -0.251 e. The smallest absolute Gasteiger partial charge is 0.251 e. The van der Waals surface area contributed by atoms with Crippen molar-refractivity contribution in [2.75, 3.05) is 6.26 Å². The summed E-state index contributed by atoms with van der Waals surface area (Å²) in [6, 6.07) is 2.00. The second kappa shape index (κ2) is 4.94. The molecule has 4 nitrogen and oxygen atoms in total. The number of nitrogens with zero attached hydrogens (tertiary/aromatic N) is 3. The number of alkyl halides is 3. The van der Waals surface area contributed by atoms with Crippen LogP contribution in [0.3, 0.4) is 0 Å². The molecule has 98 valence electrons. The maximum atomic E-state index is 12.3. The summed E-state index contributed by atoms with van der Waals surface area (Å²) in [7, 11) is -2.82. The van der Waals surface area contributed by atoms with E-state index in [-0.39, 0.29) is 0 Å². The molecule has 0 fully saturated rings. The van der Waals surface area contributed by atoms with Crippen molar-refractivity contribution in [1.82, 2.24) is 4.98 Å². The first-order valence-corrected chi connectivity index (χ1v) is 6.79. The van der Waals surface area contributed by atoms with Crippen LogP contribution in [0.1, 0.15) is 23.4 Å². The molecule has 2 unspecified atom stereocenters. The van der Waals surface area contributed by atoms with Crippen LogP contribution in [0.5, 0.6) is 0 Å². The standard InChI is InChI=1S/C10H10F3N3OS/c1-7(18(2,17)16-6-14)8-3-4-9(15-5-8)10(11,12)13/h3-5,7H,1-2H3. The van der Waals surface area contributed by atoms with Gasteiger partial charge >= 0.3 is 6.18 Å². The van der Waals surface area contributed by atoms with Crippen molar-refractivity contribution in [2.24, 2.45) is 4.36 Å². The molecule has 2 atom stereocenters. The zero-order valence-corrected chi connectivity index (χ0v) is 10.4. The van der Waals surface area contributed by atoms with Crippen LogP contribution in [0, 0.1) is 11.5 Å². The molecule has 18 heavy (non-hydrogen) atoms. The molecule has 1 heterocycles. The van der Waals surface area contributed by atoms with Crippen LogP contribution in [0.15, 0.2) is 22.7 Å². The van der Waals surface area contributed by atoms with E-state index >= 15 is 0 Å². The lowest BCUT2D eigenvalue weighted by atomic mass is 10.2. The largest absolute Gasteiger partial charge is 0.433 e. The third-order valence-electron chi connectivity index (χ3n) is 2.42. The normalized spacial score (nSPS) is 16.4. The number of rotatable bonds is 2. The Morgan fingerprint density at radius 3 is 2.50 bits per heavy atom. The van der Waals surface area contributed by atoms with Crippen molar-refractivity contribution in [2.45, 2.75) is 18.3 Å². The SMILES string of the molecule is CC(c1ccc(C(F)(F)F)nc1)S(C)(=O)=NC#N. The maximum Gasteiger partial charge on any atom is 0.433 e. The van der Waals surface area contributed by atoms with Gasteiger partial charge in [-0.15, -0.1) is 4.36 Å². The minimum absolute atomic E-state index is 0.342. The molecule has 0 radical (unpaired) electrons. The van der Waals surface area contributed by atoms with E-state index in [1.807, 2.05) is 0 Å². The van der Waals surface area contributed by atoms with E-state index < -0.39 is 26.8 Å². The summed E-state index contributed by atoms with van der Waals surface area (Å²) in [5, 5.41) is 7.71. The number of halogens is 3. The third kappa shape index (κ3) is 3.20. The first-order valence-electron chi connectivity index (χ1n) is 4.80. The molecule has 8 heteroatoms. The van der Waals surface area contributed by atoms with Crippen LogP contribution < -0.4 is 0 Å². The predicted molar refractivity (Wildman–Crippen MR) is 59.8 cm³/mol. The Balaban J connectivity index is 3.12. The number of pyridine rings is 1. The van der Waals surface area contributed by atoms with Gasteiger partial charge in [0.15, 0.2) is 0 Å². The Morgan fingerprint density at radius 2 is 2.11 bits per heavy atom. The van der Waals surface area contributed by atoms with Crippen LogP contribution in [-0.4, -0.2) is 15.4 Å². The van der Waals surface area contributed by atoms with Gasteiger partial charge in [0, 0.05) is 12.5 Å². The highest BCUT2D eigenvalue weighted by molar-refractivity contribution is 7.93. The number of aromatic nitrogens is 1. The molecule has 0 saturated carbocycles. The molecule has 1 rings (SSSR count). The molecular weight excluding hydrogens is 267 g/mol. The lowest BCUT2D eigenvalue weighted by molar-refractivity contribution is -0.141. The highest BCUT2D eigenvalue weighted by Crippen LogP contribution is 2.29. The number of nitriles is 1. The van der Waals surface area contributed by atoms with Gasteiger partial charge in [-0.3, -0.25) is 4.98 Å². The average molecular weight is 277 g/mol. The first-order chi connectivity index (χ1) is 8.18. The summed E-state index contributed by atoms with van der Waals surface area (Å²) in [6.45, 7) is 1.52. The summed E-state index contributed by atoms with van der Waals surface area (Å²) < 4.78 is 52.1. The zero-order valence-electron chi connectivity index (χ0n) is 9.60. The van der Waals surface area contributed by atoms with Gasteiger partial charge in [0.05, 0.1) is 15.0 Å². The summed E-state index contributed by atoms with van der Waals surface area (Å²) in [5.74, 6) is 0. The zero-order chi connectivity index (χ0) is 14.0. The molecule has 0 aliphatic heterocycles. The Morgan fingerprint density at radius 1 is 1.50 bits per heavy atom. The van der Waals surface area contributed by atoms with E-state index in [2.05, 4.69) is 9.35 Å². The van der Waals surface area contributed by atoms with Gasteiger partial charge in [-0.2, -0.15) is 18.4 Å². The topological polar surface area (TPSA) is 66.1 Å². The van der Waals surface area contributed by atoms with Crippen molar-refractivity contribution in [1.29, 1.82) is 5.26 Å². The molecule has 0 amide bonds. The van der Waals surface area contributed by atoms with Crippen LogP contribution in [0.2, 0.25) is 0 Å². The van der Waals surface area contributed by atoms with Crippen molar-refractivity contribution in [3.63, 3.8) is 0 Å². The molecule has 0 spiro atoms. The van der Waals surface area contributed by atoms with Gasteiger partial charge in [-0.25, -0.2) is 4.21 Å². The molecule has 1 aromatic heterocycles. The lowest BCUT2D eigenvalue weighted by Crippen LogP contribution is -2.11. The Kier molecular flexibility index (Phi) is 3.96. The van der Waals surface area contributed by atoms with Crippen LogP contribution in [0.25, 0.3) is 0 Å². The monoisotopic (exact) mass is 277 g/mol. The van der Waals surface area contributed by atoms with Gasteiger partial charge in [0.2, 0.25) is 6.19 Å². The third-order valence-corrected chi connectivity index (χ3v) is 4.45. The second-order valence-electron chi connectivity index (χ2n) is 3.67. The Bertz CT molecular complexity index is 580. The molecule has 0 aliphatic carbocycles. The summed E-state index contributed by atoms with van der Waals surface area (Å²) in [5.41, 5.74) is -0.673. The van der Waals surface area contributed by atoms with Crippen LogP contribution in [-0.2, 0) is 15.9 Å². The molecule has 1 aromatic rings. The highest BCUT2D eigenvalue weighted by Gasteiger charge is 2.32. The quantitative estimate of drug-likeness (QED) is 0.781. The first kappa shape index (κ1) is 14.4. The van der Waals surface area contributed by atoms with Gasteiger partial charge in [0.1, 0.15) is 5.69 Å². The maximum absolute atomic E-state index is 12.3. The van der Waals surface area contributed by atoms with Crippen LogP contribution >= 0.6 is 0 Å². The molecule has 0 aliphatic rings. The van der Waals surface area contributed by atoms with Crippen molar-refractivity contribution >= 4 is 9.73 Å². The van der Waals surface area contributed by atoms with Crippen LogP contribution in [0.4, 0.5) is 13.2 Å². The van der Waals surface area contributed by atoms with E-state index in [9.17, 15) is 17.4 Å². The van der Waals surface area contributed by atoms with Gasteiger partial charge in [-0.05, 0) is 18.6 Å². The van der Waals surface area contributed by atoms with Crippen molar-refractivity contribution in [3.8, 4) is 6.19 Å². The fourth-order valence-electron chi connectivity index (χ4n) is 1.23. The number of hydrogen-bond donors (Lipinski definition) is 0. The van der Waals surface area contributed by atoms with Gasteiger partial charge < -0.3 is 0 Å².